The molecule has 2 rings (SSSR count). The molecule has 0 aliphatic carbocycles. The summed E-state index contributed by atoms with van der Waals surface area (Å²) in [5.41, 5.74) is 8.94. The van der Waals surface area contributed by atoms with Crippen LogP contribution >= 0.6 is 0 Å². The lowest BCUT2D eigenvalue weighted by Gasteiger charge is -2.06. The van der Waals surface area contributed by atoms with Crippen molar-refractivity contribution < 1.29 is 4.79 Å². The van der Waals surface area contributed by atoms with Gasteiger partial charge in [-0.2, -0.15) is 0 Å². The molecule has 0 radical (unpaired) electrons. The summed E-state index contributed by atoms with van der Waals surface area (Å²) >= 11 is 0. The summed E-state index contributed by atoms with van der Waals surface area (Å²) in [5.74, 6) is -0.122. The molecule has 0 spiro atoms. The maximum Gasteiger partial charge on any atom is 0.255 e. The van der Waals surface area contributed by atoms with E-state index >= 15 is 0 Å². The fourth-order valence-corrected chi connectivity index (χ4v) is 1.88. The van der Waals surface area contributed by atoms with Crippen LogP contribution < -0.4 is 11.1 Å². The van der Waals surface area contributed by atoms with Crippen molar-refractivity contribution in [2.24, 2.45) is 0 Å². The molecule has 2 aromatic carbocycles. The van der Waals surface area contributed by atoms with E-state index in [1.807, 2.05) is 24.3 Å². The number of aryl methyl sites for hydroxylation is 1. The third-order valence-electron chi connectivity index (χ3n) is 2.92. The van der Waals surface area contributed by atoms with E-state index in [9.17, 15) is 4.79 Å². The minimum absolute atomic E-state index is 0.122. The van der Waals surface area contributed by atoms with Gasteiger partial charge in [0.1, 0.15) is 0 Å². The zero-order chi connectivity index (χ0) is 13.7. The average Bonchev–Trinajstić information content (AvgIpc) is 2.42. The van der Waals surface area contributed by atoms with Gasteiger partial charge in [0.2, 0.25) is 0 Å². The molecule has 3 nitrogen and oxygen atoms in total. The van der Waals surface area contributed by atoms with Crippen LogP contribution in [0.15, 0.2) is 48.5 Å². The molecule has 3 N–H and O–H groups in total. The van der Waals surface area contributed by atoms with Crippen molar-refractivity contribution in [1.82, 2.24) is 0 Å². The van der Waals surface area contributed by atoms with Gasteiger partial charge >= 0.3 is 0 Å². The molecule has 2 aromatic rings. The van der Waals surface area contributed by atoms with Gasteiger partial charge in [0.25, 0.3) is 5.91 Å². The van der Waals surface area contributed by atoms with E-state index < -0.39 is 0 Å². The second-order valence-electron chi connectivity index (χ2n) is 4.52. The van der Waals surface area contributed by atoms with Crippen LogP contribution in [0.5, 0.6) is 0 Å². The lowest BCUT2D eigenvalue weighted by molar-refractivity contribution is 0.102. The van der Waals surface area contributed by atoms with Gasteiger partial charge in [-0.1, -0.05) is 25.5 Å². The number of nitrogen functional groups attached to an aromatic ring is 1. The molecule has 19 heavy (non-hydrogen) atoms. The first-order chi connectivity index (χ1) is 9.19. The molecule has 0 aliphatic heterocycles. The molecule has 0 fully saturated rings. The minimum Gasteiger partial charge on any atom is -0.399 e. The molecular weight excluding hydrogens is 236 g/mol. The van der Waals surface area contributed by atoms with Crippen molar-refractivity contribution in [3.63, 3.8) is 0 Å². The predicted molar refractivity (Wildman–Crippen MR) is 79.2 cm³/mol. The maximum atomic E-state index is 12.0. The van der Waals surface area contributed by atoms with Crippen LogP contribution in [0.3, 0.4) is 0 Å². The van der Waals surface area contributed by atoms with E-state index in [1.54, 1.807) is 24.3 Å². The Bertz CT molecular complexity index is 544. The fraction of sp³-hybridized carbons (Fsp3) is 0.188. The summed E-state index contributed by atoms with van der Waals surface area (Å²) in [6, 6.07) is 14.8. The number of hydrogen-bond acceptors (Lipinski definition) is 2. The topological polar surface area (TPSA) is 55.1 Å². The summed E-state index contributed by atoms with van der Waals surface area (Å²) < 4.78 is 0. The minimum atomic E-state index is -0.122. The smallest absolute Gasteiger partial charge is 0.255 e. The average molecular weight is 254 g/mol. The highest BCUT2D eigenvalue weighted by atomic mass is 16.1. The zero-order valence-corrected chi connectivity index (χ0v) is 11.0. The maximum absolute atomic E-state index is 12.0. The second-order valence-corrected chi connectivity index (χ2v) is 4.52. The summed E-state index contributed by atoms with van der Waals surface area (Å²) in [6.45, 7) is 2.15. The number of hydrogen-bond donors (Lipinski definition) is 2. The van der Waals surface area contributed by atoms with E-state index in [2.05, 4.69) is 12.2 Å². The van der Waals surface area contributed by atoms with Crippen molar-refractivity contribution in [1.29, 1.82) is 0 Å². The Hall–Kier alpha value is -2.29. The Balaban J connectivity index is 2.04. The Morgan fingerprint density at radius 1 is 1.05 bits per heavy atom. The van der Waals surface area contributed by atoms with E-state index in [1.165, 1.54) is 5.56 Å². The monoisotopic (exact) mass is 254 g/mol. The Morgan fingerprint density at radius 3 is 2.26 bits per heavy atom. The van der Waals surface area contributed by atoms with Crippen molar-refractivity contribution in [3.8, 4) is 0 Å². The van der Waals surface area contributed by atoms with Crippen LogP contribution in [0, 0.1) is 0 Å². The lowest BCUT2D eigenvalue weighted by atomic mass is 10.1. The van der Waals surface area contributed by atoms with Gasteiger partial charge in [-0.15, -0.1) is 0 Å². The largest absolute Gasteiger partial charge is 0.399 e. The van der Waals surface area contributed by atoms with Gasteiger partial charge in [0.05, 0.1) is 0 Å². The Labute approximate surface area is 113 Å². The number of carbonyl (C=O) groups excluding carboxylic acids is 1. The van der Waals surface area contributed by atoms with Gasteiger partial charge < -0.3 is 11.1 Å². The first kappa shape index (κ1) is 13.1. The van der Waals surface area contributed by atoms with Gasteiger partial charge in [0, 0.05) is 16.9 Å². The van der Waals surface area contributed by atoms with Crippen LogP contribution in [0.1, 0.15) is 29.3 Å². The quantitative estimate of drug-likeness (QED) is 0.821. The van der Waals surface area contributed by atoms with Crippen molar-refractivity contribution >= 4 is 17.3 Å². The van der Waals surface area contributed by atoms with Crippen LogP contribution in [0.2, 0.25) is 0 Å². The Morgan fingerprint density at radius 2 is 1.68 bits per heavy atom. The number of benzene rings is 2. The van der Waals surface area contributed by atoms with Crippen LogP contribution in [-0.2, 0) is 6.42 Å². The number of carbonyl (C=O) groups is 1. The predicted octanol–water partition coefficient (Wildman–Crippen LogP) is 3.47. The highest BCUT2D eigenvalue weighted by Gasteiger charge is 2.05. The van der Waals surface area contributed by atoms with E-state index in [-0.39, 0.29) is 5.91 Å². The number of rotatable bonds is 4. The summed E-state index contributed by atoms with van der Waals surface area (Å²) in [4.78, 5) is 12.0. The van der Waals surface area contributed by atoms with Crippen molar-refractivity contribution in [2.45, 2.75) is 19.8 Å². The van der Waals surface area contributed by atoms with Crippen molar-refractivity contribution in [2.75, 3.05) is 11.1 Å². The standard InChI is InChI=1S/C16H18N2O/c1-2-3-12-4-10-15(11-5-12)18-16(19)13-6-8-14(17)9-7-13/h4-11H,2-3,17H2,1H3,(H,18,19). The first-order valence-corrected chi connectivity index (χ1v) is 6.45. The Kier molecular flexibility index (Phi) is 4.18. The number of nitrogens with two attached hydrogens (primary N) is 1. The second kappa shape index (κ2) is 6.05. The van der Waals surface area contributed by atoms with E-state index in [0.29, 0.717) is 11.3 Å². The van der Waals surface area contributed by atoms with Crippen molar-refractivity contribution in [3.05, 3.63) is 59.7 Å². The number of amides is 1. The molecule has 3 heteroatoms. The van der Waals surface area contributed by atoms with Gasteiger partial charge in [-0.25, -0.2) is 0 Å². The van der Waals surface area contributed by atoms with Gasteiger partial charge in [-0.3, -0.25) is 4.79 Å². The van der Waals surface area contributed by atoms with E-state index in [0.717, 1.165) is 18.5 Å². The molecule has 98 valence electrons. The molecule has 0 saturated carbocycles. The lowest BCUT2D eigenvalue weighted by Crippen LogP contribution is -2.11. The number of nitrogens with one attached hydrogen (secondary N) is 1. The molecule has 0 heterocycles. The molecular formula is C16H18N2O. The first-order valence-electron chi connectivity index (χ1n) is 6.45. The molecule has 1 amide bonds. The molecule has 0 aliphatic rings. The van der Waals surface area contributed by atoms with Gasteiger partial charge in [-0.05, 0) is 48.4 Å². The van der Waals surface area contributed by atoms with Crippen LogP contribution in [0.25, 0.3) is 0 Å². The normalized spacial score (nSPS) is 10.2. The summed E-state index contributed by atoms with van der Waals surface area (Å²) in [5, 5.41) is 2.87. The van der Waals surface area contributed by atoms with Crippen LogP contribution in [-0.4, -0.2) is 5.91 Å². The summed E-state index contributed by atoms with van der Waals surface area (Å²) in [7, 11) is 0. The molecule has 0 bridgehead atoms. The molecule has 0 aromatic heterocycles. The highest BCUT2D eigenvalue weighted by Crippen LogP contribution is 2.13. The third kappa shape index (κ3) is 3.58. The van der Waals surface area contributed by atoms with E-state index in [4.69, 9.17) is 5.73 Å². The summed E-state index contributed by atoms with van der Waals surface area (Å²) in [6.07, 6.45) is 2.18. The van der Waals surface area contributed by atoms with Crippen LogP contribution in [0.4, 0.5) is 11.4 Å². The molecule has 0 atom stereocenters. The van der Waals surface area contributed by atoms with Gasteiger partial charge in [0.15, 0.2) is 0 Å². The fourth-order valence-electron chi connectivity index (χ4n) is 1.88. The zero-order valence-electron chi connectivity index (χ0n) is 11.0. The highest BCUT2D eigenvalue weighted by molar-refractivity contribution is 6.04. The third-order valence-corrected chi connectivity index (χ3v) is 2.92. The SMILES string of the molecule is CCCc1ccc(NC(=O)c2ccc(N)cc2)cc1. The molecule has 0 unspecified atom stereocenters. The number of anilines is 2. The molecule has 0 saturated heterocycles.